The largest absolute Gasteiger partial charge is 0.497 e. The van der Waals surface area contributed by atoms with Crippen molar-refractivity contribution < 1.29 is 22.7 Å². The maximum Gasteiger partial charge on any atom is 0.264 e. The third-order valence-electron chi connectivity index (χ3n) is 6.14. The van der Waals surface area contributed by atoms with Gasteiger partial charge in [-0.15, -0.1) is 0 Å². The molecule has 0 heterocycles. The highest BCUT2D eigenvalue weighted by Crippen LogP contribution is 2.27. The number of rotatable bonds is 10. The summed E-state index contributed by atoms with van der Waals surface area (Å²) >= 11 is 6.07. The maximum atomic E-state index is 14.0. The summed E-state index contributed by atoms with van der Waals surface area (Å²) < 4.78 is 33.9. The molecule has 0 aliphatic carbocycles. The molecule has 0 saturated heterocycles. The molecule has 0 saturated carbocycles. The summed E-state index contributed by atoms with van der Waals surface area (Å²) in [5.41, 5.74) is 1.56. The van der Waals surface area contributed by atoms with E-state index in [1.807, 2.05) is 52.0 Å². The van der Waals surface area contributed by atoms with Crippen LogP contribution in [-0.2, 0) is 26.2 Å². The van der Waals surface area contributed by atoms with E-state index in [0.717, 1.165) is 15.4 Å². The minimum Gasteiger partial charge on any atom is -0.497 e. The van der Waals surface area contributed by atoms with Gasteiger partial charge in [0.1, 0.15) is 18.3 Å². The van der Waals surface area contributed by atoms with E-state index in [1.165, 1.54) is 48.4 Å². The van der Waals surface area contributed by atoms with Gasteiger partial charge in [-0.25, -0.2) is 8.42 Å². The molecule has 0 aromatic heterocycles. The van der Waals surface area contributed by atoms with Crippen LogP contribution in [0.15, 0.2) is 77.7 Å². The van der Waals surface area contributed by atoms with Crippen molar-refractivity contribution in [1.29, 1.82) is 0 Å². The smallest absolute Gasteiger partial charge is 0.264 e. The monoisotopic (exact) mass is 585 g/mol. The molecule has 1 N–H and O–H groups in total. The quantitative estimate of drug-likeness (QED) is 0.353. The van der Waals surface area contributed by atoms with Crippen LogP contribution in [0.2, 0.25) is 5.02 Å². The van der Waals surface area contributed by atoms with Crippen LogP contribution >= 0.6 is 11.6 Å². The fraction of sp³-hybridized carbons (Fsp3) is 0.333. The van der Waals surface area contributed by atoms with Gasteiger partial charge in [-0.3, -0.25) is 13.9 Å². The van der Waals surface area contributed by atoms with Crippen molar-refractivity contribution in [1.82, 2.24) is 10.2 Å². The minimum atomic E-state index is -4.19. The van der Waals surface area contributed by atoms with Gasteiger partial charge in [-0.1, -0.05) is 41.4 Å². The van der Waals surface area contributed by atoms with Crippen molar-refractivity contribution in [3.63, 3.8) is 0 Å². The standard InChI is InChI=1S/C30H36ClN3O5S/c1-21-8-7-9-23(18-21)19-33(22(2)29(36)32-30(3,4)5)28(35)20-34(25-12-10-24(31)11-13-25)40(37,38)27-16-14-26(39-6)15-17-27/h7-18,22H,19-20H2,1-6H3,(H,32,36)/t22-/m0/s1. The van der Waals surface area contributed by atoms with Gasteiger partial charge in [0.05, 0.1) is 17.7 Å². The van der Waals surface area contributed by atoms with E-state index in [-0.39, 0.29) is 23.0 Å². The number of ether oxygens (including phenoxy) is 1. The molecule has 3 rings (SSSR count). The number of hydrogen-bond donors (Lipinski definition) is 1. The lowest BCUT2D eigenvalue weighted by Gasteiger charge is -2.33. The lowest BCUT2D eigenvalue weighted by atomic mass is 10.1. The summed E-state index contributed by atoms with van der Waals surface area (Å²) in [6.45, 7) is 8.73. The Morgan fingerprint density at radius 2 is 1.62 bits per heavy atom. The Kier molecular flexibility index (Phi) is 9.87. The summed E-state index contributed by atoms with van der Waals surface area (Å²) in [6.07, 6.45) is 0. The van der Waals surface area contributed by atoms with Crippen molar-refractivity contribution >= 4 is 39.1 Å². The third kappa shape index (κ3) is 7.99. The zero-order valence-electron chi connectivity index (χ0n) is 23.6. The predicted molar refractivity (Wildman–Crippen MR) is 158 cm³/mol. The number of aryl methyl sites for hydroxylation is 1. The van der Waals surface area contributed by atoms with E-state index in [9.17, 15) is 18.0 Å². The number of halogens is 1. The zero-order valence-corrected chi connectivity index (χ0v) is 25.2. The minimum absolute atomic E-state index is 0.0141. The Hall–Kier alpha value is -3.56. The average molecular weight is 586 g/mol. The second-order valence-corrected chi connectivity index (χ2v) is 12.9. The summed E-state index contributed by atoms with van der Waals surface area (Å²) in [4.78, 5) is 28.5. The van der Waals surface area contributed by atoms with Gasteiger partial charge in [0, 0.05) is 17.1 Å². The van der Waals surface area contributed by atoms with Crippen molar-refractivity contribution in [2.24, 2.45) is 0 Å². The van der Waals surface area contributed by atoms with Crippen molar-refractivity contribution in [2.75, 3.05) is 18.0 Å². The SMILES string of the molecule is COc1ccc(S(=O)(=O)N(CC(=O)N(Cc2cccc(C)c2)[C@@H](C)C(=O)NC(C)(C)C)c2ccc(Cl)cc2)cc1. The summed E-state index contributed by atoms with van der Waals surface area (Å²) in [7, 11) is -2.70. The van der Waals surface area contributed by atoms with Crippen LogP contribution in [0, 0.1) is 6.92 Å². The highest BCUT2D eigenvalue weighted by atomic mass is 35.5. The van der Waals surface area contributed by atoms with Crippen LogP contribution < -0.4 is 14.4 Å². The average Bonchev–Trinajstić information content (AvgIpc) is 2.89. The van der Waals surface area contributed by atoms with Crippen molar-refractivity contribution in [3.8, 4) is 5.75 Å². The molecule has 3 aromatic carbocycles. The molecular weight excluding hydrogens is 550 g/mol. The molecular formula is C30H36ClN3O5S. The van der Waals surface area contributed by atoms with Gasteiger partial charge in [0.2, 0.25) is 11.8 Å². The predicted octanol–water partition coefficient (Wildman–Crippen LogP) is 5.18. The van der Waals surface area contributed by atoms with Gasteiger partial charge in [-0.2, -0.15) is 0 Å². The second kappa shape index (κ2) is 12.7. The van der Waals surface area contributed by atoms with Crippen LogP contribution in [0.3, 0.4) is 0 Å². The first-order valence-electron chi connectivity index (χ1n) is 12.8. The number of nitrogens with one attached hydrogen (secondary N) is 1. The zero-order chi connectivity index (χ0) is 29.7. The van der Waals surface area contributed by atoms with Crippen LogP contribution in [0.1, 0.15) is 38.8 Å². The molecule has 3 aromatic rings. The maximum absolute atomic E-state index is 14.0. The van der Waals surface area contributed by atoms with Crippen LogP contribution in [0.5, 0.6) is 5.75 Å². The van der Waals surface area contributed by atoms with E-state index < -0.39 is 34.1 Å². The highest BCUT2D eigenvalue weighted by Gasteiger charge is 2.33. The van der Waals surface area contributed by atoms with E-state index in [1.54, 1.807) is 19.1 Å². The van der Waals surface area contributed by atoms with Gasteiger partial charge >= 0.3 is 0 Å². The molecule has 0 spiro atoms. The van der Waals surface area contributed by atoms with Crippen molar-refractivity contribution in [2.45, 2.75) is 57.6 Å². The number of carbonyl (C=O) groups excluding carboxylic acids is 2. The lowest BCUT2D eigenvalue weighted by Crippen LogP contribution is -2.54. The number of carbonyl (C=O) groups is 2. The summed E-state index contributed by atoms with van der Waals surface area (Å²) in [5, 5.41) is 3.34. The number of hydrogen-bond acceptors (Lipinski definition) is 5. The Morgan fingerprint density at radius 1 is 1.00 bits per heavy atom. The molecule has 0 fully saturated rings. The van der Waals surface area contributed by atoms with Gasteiger partial charge < -0.3 is 15.0 Å². The van der Waals surface area contributed by atoms with E-state index >= 15 is 0 Å². The molecule has 0 aliphatic rings. The number of benzene rings is 3. The molecule has 0 aliphatic heterocycles. The number of nitrogens with zero attached hydrogens (tertiary/aromatic N) is 2. The Labute approximate surface area is 241 Å². The van der Waals surface area contributed by atoms with Crippen molar-refractivity contribution in [3.05, 3.63) is 88.9 Å². The molecule has 214 valence electrons. The Morgan fingerprint density at radius 3 is 2.17 bits per heavy atom. The fourth-order valence-electron chi connectivity index (χ4n) is 4.07. The van der Waals surface area contributed by atoms with Gasteiger partial charge in [-0.05, 0) is 88.7 Å². The summed E-state index contributed by atoms with van der Waals surface area (Å²) in [6, 6.07) is 18.9. The topological polar surface area (TPSA) is 96.0 Å². The Balaban J connectivity index is 2.03. The molecule has 8 nitrogen and oxygen atoms in total. The lowest BCUT2D eigenvalue weighted by molar-refractivity contribution is -0.140. The van der Waals surface area contributed by atoms with Gasteiger partial charge in [0.15, 0.2) is 0 Å². The number of sulfonamides is 1. The van der Waals surface area contributed by atoms with E-state index in [0.29, 0.717) is 10.8 Å². The van der Waals surface area contributed by atoms with E-state index in [2.05, 4.69) is 5.32 Å². The first kappa shape index (κ1) is 31.0. The van der Waals surface area contributed by atoms with Crippen LogP contribution in [0.4, 0.5) is 5.69 Å². The van der Waals surface area contributed by atoms with Gasteiger partial charge in [0.25, 0.3) is 10.0 Å². The highest BCUT2D eigenvalue weighted by molar-refractivity contribution is 7.92. The molecule has 0 radical (unpaired) electrons. The summed E-state index contributed by atoms with van der Waals surface area (Å²) in [5.74, 6) is -0.384. The molecule has 2 amide bonds. The molecule has 40 heavy (non-hydrogen) atoms. The number of amides is 2. The Bertz CT molecular complexity index is 1440. The molecule has 1 atom stereocenters. The molecule has 10 heteroatoms. The third-order valence-corrected chi connectivity index (χ3v) is 8.18. The fourth-order valence-corrected chi connectivity index (χ4v) is 5.62. The number of anilines is 1. The first-order chi connectivity index (χ1) is 18.7. The first-order valence-corrected chi connectivity index (χ1v) is 14.6. The number of methoxy groups -OCH3 is 1. The second-order valence-electron chi connectivity index (χ2n) is 10.6. The van der Waals surface area contributed by atoms with Crippen LogP contribution in [0.25, 0.3) is 0 Å². The molecule has 0 bridgehead atoms. The molecule has 0 unspecified atom stereocenters. The normalized spacial score (nSPS) is 12.4. The van der Waals surface area contributed by atoms with E-state index in [4.69, 9.17) is 16.3 Å². The van der Waals surface area contributed by atoms with Crippen LogP contribution in [-0.4, -0.2) is 50.4 Å².